The van der Waals surface area contributed by atoms with Crippen LogP contribution in [0.3, 0.4) is 0 Å². The van der Waals surface area contributed by atoms with Crippen molar-refractivity contribution in [3.8, 4) is 34.1 Å². The van der Waals surface area contributed by atoms with Gasteiger partial charge in [-0.2, -0.15) is 0 Å². The molecule has 0 heterocycles. The zero-order valence-corrected chi connectivity index (χ0v) is 30.4. The number of esters is 4. The van der Waals surface area contributed by atoms with Crippen LogP contribution in [0.25, 0.3) is 32.7 Å². The van der Waals surface area contributed by atoms with E-state index in [0.717, 1.165) is 33.7 Å². The fourth-order valence-electron chi connectivity index (χ4n) is 5.82. The molecule has 0 aliphatic heterocycles. The van der Waals surface area contributed by atoms with Gasteiger partial charge in [0.2, 0.25) is 0 Å². The molecule has 0 saturated heterocycles. The third kappa shape index (κ3) is 9.86. The van der Waals surface area contributed by atoms with E-state index in [9.17, 15) is 19.2 Å². The van der Waals surface area contributed by atoms with Gasteiger partial charge >= 0.3 is 23.9 Å². The molecule has 0 fully saturated rings. The summed E-state index contributed by atoms with van der Waals surface area (Å²) in [4.78, 5) is 49.4. The Morgan fingerprint density at radius 2 is 1.02 bits per heavy atom. The zero-order valence-electron chi connectivity index (χ0n) is 30.4. The summed E-state index contributed by atoms with van der Waals surface area (Å²) in [5.74, 6) is -0.390. The monoisotopic (exact) mass is 750 g/mol. The Kier molecular flexibility index (Phi) is 12.9. The Balaban J connectivity index is 1.21. The molecule has 0 aliphatic carbocycles. The van der Waals surface area contributed by atoms with Gasteiger partial charge in [-0.05, 0) is 93.8 Å². The van der Waals surface area contributed by atoms with Gasteiger partial charge in [0.1, 0.15) is 23.0 Å². The Bertz CT molecular complexity index is 2380. The Morgan fingerprint density at radius 3 is 1.59 bits per heavy atom. The molecule has 0 N–H and O–H groups in total. The van der Waals surface area contributed by atoms with E-state index in [1.807, 2.05) is 54.6 Å². The third-order valence-electron chi connectivity index (χ3n) is 8.53. The minimum Gasteiger partial charge on any atom is -0.493 e. The highest BCUT2D eigenvalue weighted by atomic mass is 16.5. The van der Waals surface area contributed by atoms with E-state index in [-0.39, 0.29) is 13.2 Å². The lowest BCUT2D eigenvalue weighted by Gasteiger charge is -2.17. The first kappa shape index (κ1) is 38.5. The van der Waals surface area contributed by atoms with Gasteiger partial charge in [0, 0.05) is 30.6 Å². The van der Waals surface area contributed by atoms with E-state index >= 15 is 0 Å². The fourth-order valence-corrected chi connectivity index (χ4v) is 5.82. The van der Waals surface area contributed by atoms with Gasteiger partial charge in [0.05, 0.1) is 37.6 Å². The van der Waals surface area contributed by atoms with Crippen molar-refractivity contribution in [3.63, 3.8) is 0 Å². The highest BCUT2D eigenvalue weighted by Gasteiger charge is 2.20. The number of carbonyl (C=O) groups excluding carboxylic acids is 4. The highest BCUT2D eigenvalue weighted by molar-refractivity contribution is 6.09. The summed E-state index contributed by atoms with van der Waals surface area (Å²) in [5.41, 5.74) is 1.99. The number of fused-ring (bicyclic) bond motifs is 2. The van der Waals surface area contributed by atoms with Crippen molar-refractivity contribution in [2.24, 2.45) is 0 Å². The van der Waals surface area contributed by atoms with Crippen LogP contribution in [0.1, 0.15) is 33.6 Å². The maximum absolute atomic E-state index is 13.6. The minimum atomic E-state index is -0.570. The van der Waals surface area contributed by atoms with Gasteiger partial charge < -0.3 is 28.4 Å². The number of hydrogen-bond acceptors (Lipinski definition) is 10. The lowest BCUT2D eigenvalue weighted by molar-refractivity contribution is -0.138. The molecule has 0 aromatic heterocycles. The molecule has 0 bridgehead atoms. The van der Waals surface area contributed by atoms with Crippen LogP contribution in [0.15, 0.2) is 147 Å². The first-order valence-electron chi connectivity index (χ1n) is 17.9. The van der Waals surface area contributed by atoms with Gasteiger partial charge in [-0.25, -0.2) is 19.2 Å². The zero-order chi connectivity index (χ0) is 39.3. The van der Waals surface area contributed by atoms with E-state index in [1.165, 1.54) is 0 Å². The summed E-state index contributed by atoms with van der Waals surface area (Å²) < 4.78 is 33.4. The minimum absolute atomic E-state index is 0.203. The standard InChI is InChI=1S/C46H38O10/c1-3-42(47)53-27-9-25-51-35-20-15-32(16-21-35)45(49)55-37-29-34-12-6-7-13-38(34)40(30-37)44-39-14-8-5-11-31(39)19-24-41(44)56-46(50)33-17-22-36(23-18-33)52-26-10-28-54-43(48)4-2/h3-8,11-24,29-30H,1-2,9-10,25-28H2. The molecule has 10 nitrogen and oxygen atoms in total. The van der Waals surface area contributed by atoms with Gasteiger partial charge in [-0.1, -0.05) is 67.8 Å². The molecule has 6 rings (SSSR count). The van der Waals surface area contributed by atoms with Crippen molar-refractivity contribution in [3.05, 3.63) is 158 Å². The number of benzene rings is 6. The summed E-state index contributed by atoms with van der Waals surface area (Å²) in [6.45, 7) is 7.78. The first-order chi connectivity index (χ1) is 27.3. The van der Waals surface area contributed by atoms with Gasteiger partial charge in [0.15, 0.2) is 0 Å². The van der Waals surface area contributed by atoms with Crippen LogP contribution in [0.2, 0.25) is 0 Å². The normalized spacial score (nSPS) is 10.6. The van der Waals surface area contributed by atoms with Crippen molar-refractivity contribution in [1.29, 1.82) is 0 Å². The second-order valence-corrected chi connectivity index (χ2v) is 12.3. The Labute approximate surface area is 323 Å². The molecule has 282 valence electrons. The SMILES string of the molecule is C=CC(=O)OCCCOc1ccc(C(=O)Oc2cc(-c3c(OC(=O)c4ccc(OCCCOC(=O)C=C)cc4)ccc4ccccc34)c3ccccc3c2)cc1. The fraction of sp³-hybridized carbons (Fsp3) is 0.130. The van der Waals surface area contributed by atoms with Crippen LogP contribution in [0, 0.1) is 0 Å². The lowest BCUT2D eigenvalue weighted by Crippen LogP contribution is -2.10. The molecule has 0 saturated carbocycles. The van der Waals surface area contributed by atoms with Gasteiger partial charge in [0.25, 0.3) is 0 Å². The smallest absolute Gasteiger partial charge is 0.343 e. The summed E-state index contributed by atoms with van der Waals surface area (Å²) >= 11 is 0. The molecule has 6 aromatic rings. The van der Waals surface area contributed by atoms with Crippen molar-refractivity contribution in [1.82, 2.24) is 0 Å². The summed E-state index contributed by atoms with van der Waals surface area (Å²) in [6.07, 6.45) is 3.20. The van der Waals surface area contributed by atoms with Gasteiger partial charge in [-0.3, -0.25) is 0 Å². The molecule has 56 heavy (non-hydrogen) atoms. The predicted molar refractivity (Wildman–Crippen MR) is 212 cm³/mol. The largest absolute Gasteiger partial charge is 0.493 e. The van der Waals surface area contributed by atoms with Crippen LogP contribution in [-0.2, 0) is 19.1 Å². The van der Waals surface area contributed by atoms with E-state index in [1.54, 1.807) is 66.7 Å². The molecular formula is C46H38O10. The topological polar surface area (TPSA) is 124 Å². The van der Waals surface area contributed by atoms with Crippen LogP contribution in [0.4, 0.5) is 0 Å². The molecule has 0 radical (unpaired) electrons. The second kappa shape index (κ2) is 18.7. The number of rotatable bonds is 17. The maximum Gasteiger partial charge on any atom is 0.343 e. The predicted octanol–water partition coefficient (Wildman–Crippen LogP) is 9.09. The highest BCUT2D eigenvalue weighted by Crippen LogP contribution is 2.43. The lowest BCUT2D eigenvalue weighted by atomic mass is 9.92. The van der Waals surface area contributed by atoms with Crippen molar-refractivity contribution in [2.75, 3.05) is 26.4 Å². The number of carbonyl (C=O) groups is 4. The molecule has 0 aliphatic rings. The average Bonchev–Trinajstić information content (AvgIpc) is 3.23. The van der Waals surface area contributed by atoms with Crippen LogP contribution in [-0.4, -0.2) is 50.3 Å². The molecule has 0 atom stereocenters. The van der Waals surface area contributed by atoms with Crippen molar-refractivity contribution < 1.29 is 47.6 Å². The quantitative estimate of drug-likeness (QED) is 0.0386. The Morgan fingerprint density at radius 1 is 0.500 bits per heavy atom. The van der Waals surface area contributed by atoms with E-state index in [4.69, 9.17) is 28.4 Å². The van der Waals surface area contributed by atoms with Crippen LogP contribution < -0.4 is 18.9 Å². The number of ether oxygens (including phenoxy) is 6. The van der Waals surface area contributed by atoms with Crippen molar-refractivity contribution >= 4 is 45.4 Å². The third-order valence-corrected chi connectivity index (χ3v) is 8.53. The van der Waals surface area contributed by atoms with Crippen LogP contribution in [0.5, 0.6) is 23.0 Å². The summed E-state index contributed by atoms with van der Waals surface area (Å²) in [5, 5.41) is 3.44. The van der Waals surface area contributed by atoms with E-state index < -0.39 is 23.9 Å². The molecular weight excluding hydrogens is 712 g/mol. The molecule has 6 aromatic carbocycles. The number of hydrogen-bond donors (Lipinski definition) is 0. The molecule has 0 spiro atoms. The Hall–Kier alpha value is -7.20. The van der Waals surface area contributed by atoms with Crippen molar-refractivity contribution in [2.45, 2.75) is 12.8 Å². The van der Waals surface area contributed by atoms with E-state index in [2.05, 4.69) is 13.2 Å². The van der Waals surface area contributed by atoms with E-state index in [0.29, 0.717) is 71.3 Å². The molecule has 0 unspecified atom stereocenters. The van der Waals surface area contributed by atoms with Crippen LogP contribution >= 0.6 is 0 Å². The molecule has 0 amide bonds. The maximum atomic E-state index is 13.6. The second-order valence-electron chi connectivity index (χ2n) is 12.3. The first-order valence-corrected chi connectivity index (χ1v) is 17.9. The van der Waals surface area contributed by atoms with Gasteiger partial charge in [-0.15, -0.1) is 0 Å². The average molecular weight is 751 g/mol. The summed E-state index contributed by atoms with van der Waals surface area (Å²) in [7, 11) is 0. The summed E-state index contributed by atoms with van der Waals surface area (Å²) in [6, 6.07) is 35.9. The molecule has 10 heteroatoms.